The number of hydrogen-bond acceptors (Lipinski definition) is 4. The van der Waals surface area contributed by atoms with E-state index in [4.69, 9.17) is 9.47 Å². The standard InChI is InChI=1S/C18H27N5O2/c1-4-20-18(21-8-5-10-23-11-9-19-14-23)22-13-15-6-7-16(24-2)12-17(15)25-3/h6-7,9,11-12,14H,4-5,8,10,13H2,1-3H3,(H2,20,21,22). The molecule has 2 N–H and O–H groups in total. The summed E-state index contributed by atoms with van der Waals surface area (Å²) in [7, 11) is 3.30. The third-order valence-corrected chi connectivity index (χ3v) is 3.69. The predicted molar refractivity (Wildman–Crippen MR) is 99.2 cm³/mol. The second-order valence-corrected chi connectivity index (χ2v) is 5.45. The molecule has 25 heavy (non-hydrogen) atoms. The molecule has 0 saturated carbocycles. The number of aliphatic imine (C=N–C) groups is 1. The van der Waals surface area contributed by atoms with Crippen molar-refractivity contribution >= 4 is 5.96 Å². The lowest BCUT2D eigenvalue weighted by Gasteiger charge is -2.13. The Morgan fingerprint density at radius 2 is 2.12 bits per heavy atom. The number of imidazole rings is 1. The fourth-order valence-electron chi connectivity index (χ4n) is 2.38. The van der Waals surface area contributed by atoms with Gasteiger partial charge >= 0.3 is 0 Å². The Morgan fingerprint density at radius 1 is 1.24 bits per heavy atom. The first-order chi connectivity index (χ1) is 12.3. The van der Waals surface area contributed by atoms with Gasteiger partial charge in [-0.3, -0.25) is 0 Å². The number of aromatic nitrogens is 2. The van der Waals surface area contributed by atoms with E-state index >= 15 is 0 Å². The van der Waals surface area contributed by atoms with E-state index in [1.54, 1.807) is 20.4 Å². The van der Waals surface area contributed by atoms with E-state index in [0.717, 1.165) is 49.1 Å². The third-order valence-electron chi connectivity index (χ3n) is 3.69. The molecule has 2 aromatic rings. The molecule has 1 aromatic heterocycles. The Labute approximate surface area is 149 Å². The van der Waals surface area contributed by atoms with Crippen LogP contribution in [0.5, 0.6) is 11.5 Å². The van der Waals surface area contributed by atoms with Crippen LogP contribution >= 0.6 is 0 Å². The van der Waals surface area contributed by atoms with E-state index in [9.17, 15) is 0 Å². The number of ether oxygens (including phenoxy) is 2. The molecule has 0 atom stereocenters. The molecule has 136 valence electrons. The summed E-state index contributed by atoms with van der Waals surface area (Å²) < 4.78 is 12.7. The van der Waals surface area contributed by atoms with E-state index in [1.165, 1.54) is 0 Å². The monoisotopic (exact) mass is 345 g/mol. The number of nitrogens with one attached hydrogen (secondary N) is 2. The fraction of sp³-hybridized carbons (Fsp3) is 0.444. The number of benzene rings is 1. The second kappa shape index (κ2) is 10.2. The quantitative estimate of drug-likeness (QED) is 0.413. The van der Waals surface area contributed by atoms with Crippen LogP contribution < -0.4 is 20.1 Å². The molecule has 0 spiro atoms. The van der Waals surface area contributed by atoms with Gasteiger partial charge in [-0.15, -0.1) is 0 Å². The summed E-state index contributed by atoms with van der Waals surface area (Å²) in [4.78, 5) is 8.68. The maximum Gasteiger partial charge on any atom is 0.191 e. The Hall–Kier alpha value is -2.70. The van der Waals surface area contributed by atoms with Gasteiger partial charge < -0.3 is 24.7 Å². The predicted octanol–water partition coefficient (Wildman–Crippen LogP) is 2.05. The maximum atomic E-state index is 5.42. The highest BCUT2D eigenvalue weighted by atomic mass is 16.5. The van der Waals surface area contributed by atoms with Gasteiger partial charge in [0.15, 0.2) is 5.96 Å². The maximum absolute atomic E-state index is 5.42. The zero-order valence-corrected chi connectivity index (χ0v) is 15.2. The zero-order chi connectivity index (χ0) is 17.9. The molecule has 0 aliphatic heterocycles. The normalized spacial score (nSPS) is 11.2. The first-order valence-corrected chi connectivity index (χ1v) is 8.45. The van der Waals surface area contributed by atoms with Crippen LogP contribution in [-0.2, 0) is 13.1 Å². The van der Waals surface area contributed by atoms with Crippen molar-refractivity contribution in [2.24, 2.45) is 4.99 Å². The molecule has 0 fully saturated rings. The van der Waals surface area contributed by atoms with Crippen molar-refractivity contribution in [2.45, 2.75) is 26.4 Å². The molecule has 7 nitrogen and oxygen atoms in total. The SMILES string of the molecule is CCNC(=NCc1ccc(OC)cc1OC)NCCCn1ccnc1. The number of methoxy groups -OCH3 is 2. The van der Waals surface area contributed by atoms with Gasteiger partial charge in [0.05, 0.1) is 27.1 Å². The molecule has 0 radical (unpaired) electrons. The van der Waals surface area contributed by atoms with Gasteiger partial charge in [-0.2, -0.15) is 0 Å². The minimum atomic E-state index is 0.532. The molecule has 0 unspecified atom stereocenters. The number of nitrogens with zero attached hydrogens (tertiary/aromatic N) is 3. The minimum absolute atomic E-state index is 0.532. The lowest BCUT2D eigenvalue weighted by molar-refractivity contribution is 0.391. The molecular formula is C18H27N5O2. The summed E-state index contributed by atoms with van der Waals surface area (Å²) in [6.45, 7) is 5.16. The molecule has 0 amide bonds. The Bertz CT molecular complexity index is 655. The Morgan fingerprint density at radius 3 is 2.80 bits per heavy atom. The fourth-order valence-corrected chi connectivity index (χ4v) is 2.38. The second-order valence-electron chi connectivity index (χ2n) is 5.45. The third kappa shape index (κ3) is 6.02. The van der Waals surface area contributed by atoms with E-state index < -0.39 is 0 Å². The summed E-state index contributed by atoms with van der Waals surface area (Å²) in [5, 5.41) is 6.61. The van der Waals surface area contributed by atoms with Gasteiger partial charge in [-0.1, -0.05) is 0 Å². The van der Waals surface area contributed by atoms with Gasteiger partial charge in [0.25, 0.3) is 0 Å². The lowest BCUT2D eigenvalue weighted by Crippen LogP contribution is -2.38. The van der Waals surface area contributed by atoms with Crippen LogP contribution in [0, 0.1) is 0 Å². The van der Waals surface area contributed by atoms with Crippen molar-refractivity contribution < 1.29 is 9.47 Å². The lowest BCUT2D eigenvalue weighted by atomic mass is 10.2. The van der Waals surface area contributed by atoms with Crippen LogP contribution in [-0.4, -0.2) is 42.8 Å². The topological polar surface area (TPSA) is 72.7 Å². The summed E-state index contributed by atoms with van der Waals surface area (Å²) in [6, 6.07) is 5.76. The first kappa shape index (κ1) is 18.6. The van der Waals surface area contributed by atoms with E-state index in [1.807, 2.05) is 30.7 Å². The van der Waals surface area contributed by atoms with E-state index in [0.29, 0.717) is 6.54 Å². The average Bonchev–Trinajstić information content (AvgIpc) is 3.16. The van der Waals surface area contributed by atoms with Gasteiger partial charge in [-0.05, 0) is 25.5 Å². The Balaban J connectivity index is 1.90. The molecule has 0 bridgehead atoms. The van der Waals surface area contributed by atoms with Crippen molar-refractivity contribution in [1.82, 2.24) is 20.2 Å². The smallest absolute Gasteiger partial charge is 0.191 e. The summed E-state index contributed by atoms with van der Waals surface area (Å²) in [5.74, 6) is 2.35. The molecule has 2 rings (SSSR count). The van der Waals surface area contributed by atoms with Crippen molar-refractivity contribution in [3.05, 3.63) is 42.5 Å². The first-order valence-electron chi connectivity index (χ1n) is 8.45. The van der Waals surface area contributed by atoms with Crippen molar-refractivity contribution in [1.29, 1.82) is 0 Å². The zero-order valence-electron chi connectivity index (χ0n) is 15.2. The number of aryl methyl sites for hydroxylation is 1. The van der Waals surface area contributed by atoms with Crippen molar-refractivity contribution in [3.8, 4) is 11.5 Å². The Kier molecular flexibility index (Phi) is 7.62. The van der Waals surface area contributed by atoms with Crippen LogP contribution in [0.15, 0.2) is 41.9 Å². The molecule has 1 aromatic carbocycles. The number of guanidine groups is 1. The largest absolute Gasteiger partial charge is 0.497 e. The molecular weight excluding hydrogens is 318 g/mol. The van der Waals surface area contributed by atoms with Gasteiger partial charge in [0.2, 0.25) is 0 Å². The van der Waals surface area contributed by atoms with Crippen molar-refractivity contribution in [2.75, 3.05) is 27.3 Å². The highest BCUT2D eigenvalue weighted by Crippen LogP contribution is 2.25. The highest BCUT2D eigenvalue weighted by molar-refractivity contribution is 5.79. The van der Waals surface area contributed by atoms with Crippen LogP contribution in [0.25, 0.3) is 0 Å². The molecule has 0 aliphatic rings. The molecule has 1 heterocycles. The summed E-state index contributed by atoms with van der Waals surface area (Å²) >= 11 is 0. The average molecular weight is 345 g/mol. The summed E-state index contributed by atoms with van der Waals surface area (Å²) in [5.41, 5.74) is 1.01. The molecule has 7 heteroatoms. The van der Waals surface area contributed by atoms with E-state index in [2.05, 4.69) is 32.1 Å². The van der Waals surface area contributed by atoms with Gasteiger partial charge in [0.1, 0.15) is 11.5 Å². The van der Waals surface area contributed by atoms with Crippen LogP contribution in [0.4, 0.5) is 0 Å². The number of hydrogen-bond donors (Lipinski definition) is 2. The van der Waals surface area contributed by atoms with Crippen LogP contribution in [0.1, 0.15) is 18.9 Å². The summed E-state index contributed by atoms with van der Waals surface area (Å²) in [6.07, 6.45) is 6.58. The van der Waals surface area contributed by atoms with Crippen LogP contribution in [0.3, 0.4) is 0 Å². The minimum Gasteiger partial charge on any atom is -0.497 e. The molecule has 0 saturated heterocycles. The van der Waals surface area contributed by atoms with E-state index in [-0.39, 0.29) is 0 Å². The van der Waals surface area contributed by atoms with Crippen molar-refractivity contribution in [3.63, 3.8) is 0 Å². The molecule has 0 aliphatic carbocycles. The van der Waals surface area contributed by atoms with Gasteiger partial charge in [-0.25, -0.2) is 9.98 Å². The highest BCUT2D eigenvalue weighted by Gasteiger charge is 2.05. The van der Waals surface area contributed by atoms with Gasteiger partial charge in [0, 0.05) is 43.7 Å². The van der Waals surface area contributed by atoms with Crippen LogP contribution in [0.2, 0.25) is 0 Å². The number of rotatable bonds is 9.